The monoisotopic (exact) mass is 507 g/mol. The highest BCUT2D eigenvalue weighted by atomic mass is 79.9. The van der Waals surface area contributed by atoms with Crippen molar-refractivity contribution in [2.45, 2.75) is 90.8 Å². The van der Waals surface area contributed by atoms with E-state index < -0.39 is 0 Å². The molecule has 0 saturated carbocycles. The molecule has 0 radical (unpaired) electrons. The van der Waals surface area contributed by atoms with Gasteiger partial charge in [-0.3, -0.25) is 4.79 Å². The van der Waals surface area contributed by atoms with Gasteiger partial charge in [-0.25, -0.2) is 9.67 Å². The number of carbonyl (C=O) groups excluding carboxylic acids is 1. The van der Waals surface area contributed by atoms with E-state index in [2.05, 4.69) is 45.5 Å². The fourth-order valence-electron chi connectivity index (χ4n) is 4.29. The number of hydrogen-bond acceptors (Lipinski definition) is 5. The normalized spacial score (nSPS) is 14.7. The number of unbranched alkanes of at least 4 members (excludes halogenated alkanes) is 4. The number of pyridine rings is 1. The zero-order valence-electron chi connectivity index (χ0n) is 19.6. The van der Waals surface area contributed by atoms with Crippen molar-refractivity contribution >= 4 is 38.6 Å². The fourth-order valence-corrected chi connectivity index (χ4v) is 4.68. The lowest BCUT2D eigenvalue weighted by atomic mass is 10.0. The highest BCUT2D eigenvalue weighted by Crippen LogP contribution is 2.31. The van der Waals surface area contributed by atoms with Crippen molar-refractivity contribution in [1.82, 2.24) is 20.1 Å². The molecule has 2 aromatic rings. The minimum atomic E-state index is 0.119. The second kappa shape index (κ2) is 13.1. The van der Waals surface area contributed by atoms with Crippen LogP contribution in [0.1, 0.15) is 76.5 Å². The molecule has 0 bridgehead atoms. The number of nitrogens with zero attached hydrogens (tertiary/aromatic N) is 3. The lowest BCUT2D eigenvalue weighted by Gasteiger charge is -2.26. The molecule has 1 aliphatic heterocycles. The predicted octanol–water partition coefficient (Wildman–Crippen LogP) is 4.96. The number of amides is 1. The molecule has 0 aliphatic carbocycles. The van der Waals surface area contributed by atoms with Crippen LogP contribution >= 0.6 is 15.9 Å². The first-order valence-electron chi connectivity index (χ1n) is 12.2. The van der Waals surface area contributed by atoms with Gasteiger partial charge in [-0.2, -0.15) is 5.10 Å². The van der Waals surface area contributed by atoms with Crippen LogP contribution in [-0.2, 0) is 29.0 Å². The van der Waals surface area contributed by atoms with Crippen LogP contribution < -0.4 is 10.6 Å². The molecule has 0 aromatic carbocycles. The van der Waals surface area contributed by atoms with E-state index >= 15 is 0 Å². The summed E-state index contributed by atoms with van der Waals surface area (Å²) in [5, 5.41) is 13.6. The average molecular weight is 509 g/mol. The lowest BCUT2D eigenvalue weighted by molar-refractivity contribution is -0.121. The van der Waals surface area contributed by atoms with Gasteiger partial charge in [0.15, 0.2) is 5.65 Å². The highest BCUT2D eigenvalue weighted by molar-refractivity contribution is 9.09. The van der Waals surface area contributed by atoms with Gasteiger partial charge >= 0.3 is 0 Å². The van der Waals surface area contributed by atoms with Crippen LogP contribution in [0.2, 0.25) is 0 Å². The summed E-state index contributed by atoms with van der Waals surface area (Å²) in [7, 11) is 0. The van der Waals surface area contributed by atoms with Crippen molar-refractivity contribution in [3.63, 3.8) is 0 Å². The summed E-state index contributed by atoms with van der Waals surface area (Å²) in [6.45, 7) is 7.04. The Labute approximate surface area is 200 Å². The molecule has 1 aliphatic rings. The van der Waals surface area contributed by atoms with Gasteiger partial charge in [0.05, 0.1) is 17.3 Å². The minimum absolute atomic E-state index is 0.119. The number of aromatic nitrogens is 3. The molecular weight excluding hydrogens is 470 g/mol. The Morgan fingerprint density at radius 2 is 1.94 bits per heavy atom. The Bertz CT molecular complexity index is 864. The maximum atomic E-state index is 12.5. The van der Waals surface area contributed by atoms with Crippen molar-refractivity contribution in [2.75, 3.05) is 23.9 Å². The van der Waals surface area contributed by atoms with Crippen LogP contribution in [-0.4, -0.2) is 45.3 Å². The second-order valence-electron chi connectivity index (χ2n) is 8.48. The summed E-state index contributed by atoms with van der Waals surface area (Å²) in [6, 6.07) is 0.359. The molecule has 1 amide bonds. The molecule has 1 saturated heterocycles. The number of anilines is 1. The molecule has 0 spiro atoms. The van der Waals surface area contributed by atoms with Crippen molar-refractivity contribution < 1.29 is 9.53 Å². The summed E-state index contributed by atoms with van der Waals surface area (Å²) in [6.07, 6.45) is 11.0. The van der Waals surface area contributed by atoms with Crippen LogP contribution in [0.3, 0.4) is 0 Å². The Hall–Kier alpha value is -1.67. The summed E-state index contributed by atoms with van der Waals surface area (Å²) < 4.78 is 7.49. The summed E-state index contributed by atoms with van der Waals surface area (Å²) in [5.74, 6) is 0.119. The number of fused-ring (bicyclic) bond motifs is 1. The predicted molar refractivity (Wildman–Crippen MR) is 133 cm³/mol. The number of rotatable bonds is 13. The third kappa shape index (κ3) is 6.67. The van der Waals surface area contributed by atoms with Gasteiger partial charge < -0.3 is 15.4 Å². The molecule has 2 aromatic heterocycles. The Kier molecular flexibility index (Phi) is 10.2. The third-order valence-corrected chi connectivity index (χ3v) is 6.74. The second-order valence-corrected chi connectivity index (χ2v) is 9.27. The molecule has 8 heteroatoms. The number of alkyl halides is 1. The van der Waals surface area contributed by atoms with Crippen molar-refractivity contribution in [1.29, 1.82) is 0 Å². The van der Waals surface area contributed by atoms with Gasteiger partial charge in [0.25, 0.3) is 0 Å². The molecule has 0 unspecified atom stereocenters. The number of aryl methyl sites for hydroxylation is 2. The van der Waals surface area contributed by atoms with E-state index in [1.165, 1.54) is 19.3 Å². The van der Waals surface area contributed by atoms with Gasteiger partial charge in [-0.05, 0) is 39.0 Å². The maximum Gasteiger partial charge on any atom is 0.220 e. The van der Waals surface area contributed by atoms with Gasteiger partial charge in [0, 0.05) is 55.4 Å². The number of nitrogens with one attached hydrogen (secondary N) is 2. The van der Waals surface area contributed by atoms with Crippen LogP contribution in [0, 0.1) is 0 Å². The standard InChI is InChI=1S/C24H38BrN5O2/c1-3-21-19(16-26-22(31)10-8-6-5-7-9-13-25)23(28-18-11-14-32-15-12-18)20-17-27-30(4-2)24(20)29-21/h17-18H,3-16H2,1-2H3,(H,26,31)(H,28,29). The summed E-state index contributed by atoms with van der Waals surface area (Å²) in [4.78, 5) is 17.5. The fraction of sp³-hybridized carbons (Fsp3) is 0.708. The van der Waals surface area contributed by atoms with Crippen LogP contribution in [0.25, 0.3) is 11.0 Å². The Morgan fingerprint density at radius 3 is 2.66 bits per heavy atom. The van der Waals surface area contributed by atoms with Crippen molar-refractivity contribution in [3.05, 3.63) is 17.5 Å². The molecule has 2 N–H and O–H groups in total. The lowest BCUT2D eigenvalue weighted by Crippen LogP contribution is -2.30. The van der Waals surface area contributed by atoms with E-state index in [0.29, 0.717) is 19.0 Å². The molecular formula is C24H38BrN5O2. The maximum absolute atomic E-state index is 12.5. The molecule has 0 atom stereocenters. The number of carbonyl (C=O) groups is 1. The first-order chi connectivity index (χ1) is 15.7. The number of ether oxygens (including phenoxy) is 1. The molecule has 178 valence electrons. The van der Waals surface area contributed by atoms with E-state index in [0.717, 1.165) is 85.2 Å². The Morgan fingerprint density at radius 1 is 1.19 bits per heavy atom. The van der Waals surface area contributed by atoms with Gasteiger partial charge in [-0.1, -0.05) is 42.1 Å². The third-order valence-electron chi connectivity index (χ3n) is 6.18. The molecule has 3 rings (SSSR count). The van der Waals surface area contributed by atoms with Crippen LogP contribution in [0.5, 0.6) is 0 Å². The first-order valence-corrected chi connectivity index (χ1v) is 13.3. The Balaban J connectivity index is 1.73. The quantitative estimate of drug-likeness (QED) is 0.296. The molecule has 32 heavy (non-hydrogen) atoms. The minimum Gasteiger partial charge on any atom is -0.381 e. The van der Waals surface area contributed by atoms with E-state index in [1.807, 2.05) is 10.9 Å². The van der Waals surface area contributed by atoms with Gasteiger partial charge in [0.1, 0.15) is 0 Å². The van der Waals surface area contributed by atoms with E-state index in [-0.39, 0.29) is 5.91 Å². The topological polar surface area (TPSA) is 81.1 Å². The van der Waals surface area contributed by atoms with Gasteiger partial charge in [-0.15, -0.1) is 0 Å². The zero-order chi connectivity index (χ0) is 22.8. The molecule has 7 nitrogen and oxygen atoms in total. The van der Waals surface area contributed by atoms with Crippen LogP contribution in [0.4, 0.5) is 5.69 Å². The molecule has 3 heterocycles. The van der Waals surface area contributed by atoms with Gasteiger partial charge in [0.2, 0.25) is 5.91 Å². The van der Waals surface area contributed by atoms with Crippen LogP contribution in [0.15, 0.2) is 6.20 Å². The SMILES string of the molecule is CCc1nc2c(cnn2CC)c(NC2CCOCC2)c1CNC(=O)CCCCCCCBr. The van der Waals surface area contributed by atoms with E-state index in [4.69, 9.17) is 9.72 Å². The van der Waals surface area contributed by atoms with Crippen molar-refractivity contribution in [3.8, 4) is 0 Å². The first kappa shape index (κ1) is 25.0. The van der Waals surface area contributed by atoms with E-state index in [1.54, 1.807) is 0 Å². The van der Waals surface area contributed by atoms with E-state index in [9.17, 15) is 4.79 Å². The zero-order valence-corrected chi connectivity index (χ0v) is 21.2. The smallest absolute Gasteiger partial charge is 0.220 e. The highest BCUT2D eigenvalue weighted by Gasteiger charge is 2.21. The number of hydrogen-bond donors (Lipinski definition) is 2. The average Bonchev–Trinajstić information content (AvgIpc) is 3.23. The summed E-state index contributed by atoms with van der Waals surface area (Å²) in [5.41, 5.74) is 4.11. The number of halogens is 1. The summed E-state index contributed by atoms with van der Waals surface area (Å²) >= 11 is 3.47. The largest absolute Gasteiger partial charge is 0.381 e. The molecule has 1 fully saturated rings. The van der Waals surface area contributed by atoms with Crippen molar-refractivity contribution in [2.24, 2.45) is 0 Å².